The van der Waals surface area contributed by atoms with E-state index < -0.39 is 0 Å². The standard InChI is InChI=1S/C16H20N2/c1-12-5-3-7-14(11-12)9-10-18-16-13(2)6-4-8-15(16)17/h3-8,11,18H,9-10,17H2,1-2H3. The smallest absolute Gasteiger partial charge is 0.0603 e. The van der Waals surface area contributed by atoms with Gasteiger partial charge >= 0.3 is 0 Å². The summed E-state index contributed by atoms with van der Waals surface area (Å²) in [6, 6.07) is 14.6. The van der Waals surface area contributed by atoms with Gasteiger partial charge in [0.05, 0.1) is 11.4 Å². The van der Waals surface area contributed by atoms with Gasteiger partial charge in [0.25, 0.3) is 0 Å². The molecule has 0 unspecified atom stereocenters. The number of hydrogen-bond acceptors (Lipinski definition) is 2. The molecule has 0 spiro atoms. The van der Waals surface area contributed by atoms with E-state index in [1.54, 1.807) is 0 Å². The third-order valence-electron chi connectivity index (χ3n) is 3.10. The first-order valence-corrected chi connectivity index (χ1v) is 6.31. The Morgan fingerprint density at radius 2 is 1.83 bits per heavy atom. The molecule has 2 rings (SSSR count). The maximum Gasteiger partial charge on any atom is 0.0603 e. The van der Waals surface area contributed by atoms with Gasteiger partial charge in [0.1, 0.15) is 0 Å². The van der Waals surface area contributed by atoms with Crippen LogP contribution in [-0.2, 0) is 6.42 Å². The third kappa shape index (κ3) is 3.04. The first-order valence-electron chi connectivity index (χ1n) is 6.31. The molecule has 2 aromatic rings. The Balaban J connectivity index is 1.97. The van der Waals surface area contributed by atoms with Crippen LogP contribution in [-0.4, -0.2) is 6.54 Å². The van der Waals surface area contributed by atoms with E-state index in [-0.39, 0.29) is 0 Å². The number of hydrogen-bond donors (Lipinski definition) is 2. The second-order valence-electron chi connectivity index (χ2n) is 4.70. The highest BCUT2D eigenvalue weighted by atomic mass is 14.9. The Bertz CT molecular complexity index is 512. The number of rotatable bonds is 4. The molecule has 0 aromatic heterocycles. The number of para-hydroxylation sites is 1. The van der Waals surface area contributed by atoms with Gasteiger partial charge in [-0.05, 0) is 37.5 Å². The van der Waals surface area contributed by atoms with Gasteiger partial charge in [-0.1, -0.05) is 42.0 Å². The number of aryl methyl sites for hydroxylation is 2. The molecule has 0 atom stereocenters. The topological polar surface area (TPSA) is 38.0 Å². The lowest BCUT2D eigenvalue weighted by Gasteiger charge is -2.12. The maximum absolute atomic E-state index is 5.96. The molecule has 0 aliphatic carbocycles. The fourth-order valence-corrected chi connectivity index (χ4v) is 2.13. The van der Waals surface area contributed by atoms with Crippen LogP contribution < -0.4 is 11.1 Å². The minimum absolute atomic E-state index is 0.819. The molecule has 0 saturated heterocycles. The van der Waals surface area contributed by atoms with E-state index in [9.17, 15) is 0 Å². The monoisotopic (exact) mass is 240 g/mol. The highest BCUT2D eigenvalue weighted by Crippen LogP contribution is 2.22. The molecule has 0 aliphatic rings. The summed E-state index contributed by atoms with van der Waals surface area (Å²) in [5.74, 6) is 0. The van der Waals surface area contributed by atoms with E-state index in [4.69, 9.17) is 5.73 Å². The van der Waals surface area contributed by atoms with Gasteiger partial charge in [-0.15, -0.1) is 0 Å². The average Bonchev–Trinajstić information content (AvgIpc) is 2.33. The predicted molar refractivity (Wildman–Crippen MR) is 79.0 cm³/mol. The highest BCUT2D eigenvalue weighted by molar-refractivity contribution is 5.69. The molecule has 2 nitrogen and oxygen atoms in total. The van der Waals surface area contributed by atoms with E-state index in [0.717, 1.165) is 24.3 Å². The second kappa shape index (κ2) is 5.58. The van der Waals surface area contributed by atoms with E-state index in [2.05, 4.69) is 49.5 Å². The van der Waals surface area contributed by atoms with Crippen molar-refractivity contribution in [3.8, 4) is 0 Å². The SMILES string of the molecule is Cc1cccc(CCNc2c(C)cccc2N)c1. The van der Waals surface area contributed by atoms with E-state index in [1.807, 2.05) is 12.1 Å². The van der Waals surface area contributed by atoms with Crippen LogP contribution in [0.2, 0.25) is 0 Å². The highest BCUT2D eigenvalue weighted by Gasteiger charge is 2.01. The fraction of sp³-hybridized carbons (Fsp3) is 0.250. The van der Waals surface area contributed by atoms with Crippen molar-refractivity contribution < 1.29 is 0 Å². The quantitative estimate of drug-likeness (QED) is 0.802. The Morgan fingerprint density at radius 3 is 2.56 bits per heavy atom. The normalized spacial score (nSPS) is 10.3. The van der Waals surface area contributed by atoms with Crippen LogP contribution >= 0.6 is 0 Å². The van der Waals surface area contributed by atoms with Crippen LogP contribution in [0.1, 0.15) is 16.7 Å². The Labute approximate surface area is 109 Å². The third-order valence-corrected chi connectivity index (χ3v) is 3.10. The number of benzene rings is 2. The molecule has 0 amide bonds. The molecular weight excluding hydrogens is 220 g/mol. The molecule has 0 bridgehead atoms. The number of anilines is 2. The molecule has 2 aromatic carbocycles. The fourth-order valence-electron chi connectivity index (χ4n) is 2.13. The van der Waals surface area contributed by atoms with Crippen molar-refractivity contribution in [1.29, 1.82) is 0 Å². The molecule has 94 valence electrons. The van der Waals surface area contributed by atoms with E-state index in [1.165, 1.54) is 16.7 Å². The predicted octanol–water partition coefficient (Wildman–Crippen LogP) is 3.54. The average molecular weight is 240 g/mol. The first kappa shape index (κ1) is 12.5. The minimum atomic E-state index is 0.819. The summed E-state index contributed by atoms with van der Waals surface area (Å²) in [5, 5.41) is 3.42. The summed E-state index contributed by atoms with van der Waals surface area (Å²) in [7, 11) is 0. The van der Waals surface area contributed by atoms with E-state index in [0.29, 0.717) is 0 Å². The van der Waals surface area contributed by atoms with Gasteiger partial charge in [-0.2, -0.15) is 0 Å². The molecule has 0 fully saturated rings. The molecule has 0 aliphatic heterocycles. The van der Waals surface area contributed by atoms with Crippen molar-refractivity contribution >= 4 is 11.4 Å². The Morgan fingerprint density at radius 1 is 1.06 bits per heavy atom. The van der Waals surface area contributed by atoms with Crippen LogP contribution in [0.25, 0.3) is 0 Å². The largest absolute Gasteiger partial charge is 0.397 e. The van der Waals surface area contributed by atoms with Crippen LogP contribution in [0.15, 0.2) is 42.5 Å². The minimum Gasteiger partial charge on any atom is -0.397 e. The Hall–Kier alpha value is -1.96. The molecule has 0 radical (unpaired) electrons. The van der Waals surface area contributed by atoms with Crippen LogP contribution in [0, 0.1) is 13.8 Å². The zero-order valence-electron chi connectivity index (χ0n) is 11.0. The van der Waals surface area contributed by atoms with Gasteiger partial charge in [0, 0.05) is 6.54 Å². The lowest BCUT2D eigenvalue weighted by atomic mass is 10.1. The van der Waals surface area contributed by atoms with Crippen molar-refractivity contribution in [2.45, 2.75) is 20.3 Å². The van der Waals surface area contributed by atoms with Gasteiger partial charge in [-0.25, -0.2) is 0 Å². The van der Waals surface area contributed by atoms with Gasteiger partial charge in [0.2, 0.25) is 0 Å². The molecular formula is C16H20N2. The second-order valence-corrected chi connectivity index (χ2v) is 4.70. The summed E-state index contributed by atoms with van der Waals surface area (Å²) >= 11 is 0. The lowest BCUT2D eigenvalue weighted by Crippen LogP contribution is -2.08. The summed E-state index contributed by atoms with van der Waals surface area (Å²) in [6.07, 6.45) is 1.01. The van der Waals surface area contributed by atoms with Crippen molar-refractivity contribution in [1.82, 2.24) is 0 Å². The number of nitrogens with one attached hydrogen (secondary N) is 1. The van der Waals surface area contributed by atoms with Crippen molar-refractivity contribution in [2.75, 3.05) is 17.6 Å². The molecule has 2 heteroatoms. The molecule has 0 heterocycles. The van der Waals surface area contributed by atoms with Gasteiger partial charge < -0.3 is 11.1 Å². The Kier molecular flexibility index (Phi) is 3.88. The van der Waals surface area contributed by atoms with Crippen LogP contribution in [0.5, 0.6) is 0 Å². The molecule has 3 N–H and O–H groups in total. The zero-order valence-corrected chi connectivity index (χ0v) is 11.0. The van der Waals surface area contributed by atoms with Gasteiger partial charge in [-0.3, -0.25) is 0 Å². The molecule has 18 heavy (non-hydrogen) atoms. The summed E-state index contributed by atoms with van der Waals surface area (Å²) in [6.45, 7) is 5.10. The van der Waals surface area contributed by atoms with Crippen molar-refractivity contribution in [2.24, 2.45) is 0 Å². The first-order chi connectivity index (χ1) is 8.66. The van der Waals surface area contributed by atoms with Crippen molar-refractivity contribution in [3.63, 3.8) is 0 Å². The van der Waals surface area contributed by atoms with E-state index >= 15 is 0 Å². The zero-order chi connectivity index (χ0) is 13.0. The lowest BCUT2D eigenvalue weighted by molar-refractivity contribution is 1.01. The van der Waals surface area contributed by atoms with Gasteiger partial charge in [0.15, 0.2) is 0 Å². The summed E-state index contributed by atoms with van der Waals surface area (Å²) in [5.41, 5.74) is 11.7. The number of nitrogen functional groups attached to an aromatic ring is 1. The van der Waals surface area contributed by atoms with Crippen LogP contribution in [0.4, 0.5) is 11.4 Å². The maximum atomic E-state index is 5.96. The molecule has 0 saturated carbocycles. The number of nitrogens with two attached hydrogens (primary N) is 1. The van der Waals surface area contributed by atoms with Crippen molar-refractivity contribution in [3.05, 3.63) is 59.2 Å². The summed E-state index contributed by atoms with van der Waals surface area (Å²) in [4.78, 5) is 0. The summed E-state index contributed by atoms with van der Waals surface area (Å²) < 4.78 is 0. The van der Waals surface area contributed by atoms with Crippen LogP contribution in [0.3, 0.4) is 0 Å².